The van der Waals surface area contributed by atoms with E-state index in [2.05, 4.69) is 26.2 Å². The number of nitrogens with zero attached hydrogens (tertiary/aromatic N) is 4. The van der Waals surface area contributed by atoms with Gasteiger partial charge in [0.15, 0.2) is 0 Å². The van der Waals surface area contributed by atoms with Gasteiger partial charge in [0, 0.05) is 12.3 Å². The molecule has 1 aromatic carbocycles. The molecular formula is C17H22N6O3S. The minimum Gasteiger partial charge on any atom is -0.376 e. The zero-order valence-electron chi connectivity index (χ0n) is 15.3. The summed E-state index contributed by atoms with van der Waals surface area (Å²) < 4.78 is 7.20. The number of carbonyl (C=O) groups excluding carboxylic acids is 2. The molecule has 1 unspecified atom stereocenters. The molecule has 0 aliphatic carbocycles. The number of urea groups is 1. The number of imide groups is 1. The van der Waals surface area contributed by atoms with Crippen LogP contribution < -0.4 is 10.6 Å². The Hall–Kier alpha value is -2.46. The van der Waals surface area contributed by atoms with Gasteiger partial charge in [0.05, 0.1) is 18.4 Å². The van der Waals surface area contributed by atoms with Gasteiger partial charge in [0.2, 0.25) is 11.1 Å². The maximum Gasteiger partial charge on any atom is 0.325 e. The molecule has 0 bridgehead atoms. The highest BCUT2D eigenvalue weighted by molar-refractivity contribution is 7.99. The molecule has 1 atom stereocenters. The van der Waals surface area contributed by atoms with E-state index in [1.54, 1.807) is 10.7 Å². The number of rotatable bonds is 6. The number of carbonyl (C=O) groups is 2. The van der Waals surface area contributed by atoms with Crippen LogP contribution in [0.25, 0.3) is 0 Å². The second-order valence-corrected chi connectivity index (χ2v) is 7.31. The van der Waals surface area contributed by atoms with Gasteiger partial charge in [-0.1, -0.05) is 17.8 Å². The molecule has 0 spiro atoms. The molecule has 1 saturated heterocycles. The van der Waals surface area contributed by atoms with E-state index in [1.165, 1.54) is 11.8 Å². The second kappa shape index (κ2) is 8.96. The molecule has 1 fully saturated rings. The molecule has 9 nitrogen and oxygen atoms in total. The molecule has 1 aromatic heterocycles. The van der Waals surface area contributed by atoms with Gasteiger partial charge in [-0.2, -0.15) is 0 Å². The van der Waals surface area contributed by atoms with Crippen LogP contribution in [0.2, 0.25) is 0 Å². The lowest BCUT2D eigenvalue weighted by atomic mass is 10.1. The summed E-state index contributed by atoms with van der Waals surface area (Å²) in [5, 5.41) is 17.0. The number of anilines is 1. The number of aryl methyl sites for hydroxylation is 2. The van der Waals surface area contributed by atoms with E-state index < -0.39 is 11.9 Å². The van der Waals surface area contributed by atoms with Gasteiger partial charge in [-0.05, 0) is 60.4 Å². The predicted octanol–water partition coefficient (Wildman–Crippen LogP) is 1.91. The van der Waals surface area contributed by atoms with Crippen molar-refractivity contribution in [3.63, 3.8) is 0 Å². The molecule has 1 aliphatic rings. The summed E-state index contributed by atoms with van der Waals surface area (Å²) in [4.78, 5) is 24.0. The van der Waals surface area contributed by atoms with Crippen LogP contribution in [0.1, 0.15) is 24.0 Å². The maximum atomic E-state index is 12.0. The fourth-order valence-corrected chi connectivity index (χ4v) is 3.36. The lowest BCUT2D eigenvalue weighted by Crippen LogP contribution is -2.35. The number of amides is 3. The first kappa shape index (κ1) is 19.3. The van der Waals surface area contributed by atoms with Crippen molar-refractivity contribution in [3.05, 3.63) is 29.3 Å². The number of nitrogens with one attached hydrogen (secondary N) is 2. The molecule has 0 saturated carbocycles. The average Bonchev–Trinajstić information content (AvgIpc) is 3.29. The van der Waals surface area contributed by atoms with Crippen molar-refractivity contribution in [1.82, 2.24) is 25.5 Å². The van der Waals surface area contributed by atoms with Crippen molar-refractivity contribution >= 4 is 29.4 Å². The molecular weight excluding hydrogens is 368 g/mol. The largest absolute Gasteiger partial charge is 0.376 e. The maximum absolute atomic E-state index is 12.0. The Morgan fingerprint density at radius 3 is 2.93 bits per heavy atom. The van der Waals surface area contributed by atoms with Crippen molar-refractivity contribution in [1.29, 1.82) is 0 Å². The van der Waals surface area contributed by atoms with Crippen molar-refractivity contribution in [2.24, 2.45) is 0 Å². The number of thioether (sulfide) groups is 1. The standard InChI is InChI=1S/C17H22N6O3S/c1-11-5-6-13(8-12(11)2)18-16(25)19-15(24)10-27-17-20-21-22-23(17)9-14-4-3-7-26-14/h5-6,8,14H,3-4,7,9-10H2,1-2H3,(H2,18,19,24,25). The van der Waals surface area contributed by atoms with E-state index in [0.29, 0.717) is 17.4 Å². The molecule has 0 radical (unpaired) electrons. The summed E-state index contributed by atoms with van der Waals surface area (Å²) in [6.45, 7) is 5.27. The minimum absolute atomic E-state index is 0.0340. The predicted molar refractivity (Wildman–Crippen MR) is 101 cm³/mol. The van der Waals surface area contributed by atoms with Crippen molar-refractivity contribution in [2.75, 3.05) is 17.7 Å². The third-order valence-corrected chi connectivity index (χ3v) is 5.21. The Bertz CT molecular complexity index is 819. The van der Waals surface area contributed by atoms with Crippen molar-refractivity contribution in [2.45, 2.75) is 44.5 Å². The van der Waals surface area contributed by atoms with Crippen molar-refractivity contribution in [3.8, 4) is 0 Å². The number of hydrogen-bond donors (Lipinski definition) is 2. The van der Waals surface area contributed by atoms with Gasteiger partial charge in [-0.15, -0.1) is 5.10 Å². The van der Waals surface area contributed by atoms with Gasteiger partial charge in [-0.25, -0.2) is 9.48 Å². The molecule has 10 heteroatoms. The number of tetrazole rings is 1. The summed E-state index contributed by atoms with van der Waals surface area (Å²) in [6, 6.07) is 4.99. The summed E-state index contributed by atoms with van der Waals surface area (Å²) in [7, 11) is 0. The number of hydrogen-bond acceptors (Lipinski definition) is 7. The van der Waals surface area contributed by atoms with Crippen LogP contribution in [0.3, 0.4) is 0 Å². The fraction of sp³-hybridized carbons (Fsp3) is 0.471. The Morgan fingerprint density at radius 1 is 1.33 bits per heavy atom. The summed E-state index contributed by atoms with van der Waals surface area (Å²) in [5.74, 6) is -0.389. The first-order chi connectivity index (χ1) is 13.0. The normalized spacial score (nSPS) is 16.3. The Morgan fingerprint density at radius 2 is 2.19 bits per heavy atom. The smallest absolute Gasteiger partial charge is 0.325 e. The van der Waals surface area contributed by atoms with Gasteiger partial charge in [0.1, 0.15) is 0 Å². The molecule has 2 N–H and O–H groups in total. The van der Waals surface area contributed by atoms with Gasteiger partial charge in [-0.3, -0.25) is 10.1 Å². The van der Waals surface area contributed by atoms with Gasteiger partial charge in [0.25, 0.3) is 0 Å². The second-order valence-electron chi connectivity index (χ2n) is 6.37. The molecule has 2 aromatic rings. The third kappa shape index (κ3) is 5.51. The van der Waals surface area contributed by atoms with Crippen molar-refractivity contribution < 1.29 is 14.3 Å². The monoisotopic (exact) mass is 390 g/mol. The van der Waals surface area contributed by atoms with Crippen LogP contribution in [0.5, 0.6) is 0 Å². The SMILES string of the molecule is Cc1ccc(NC(=O)NC(=O)CSc2nnnn2CC2CCCO2)cc1C. The summed E-state index contributed by atoms with van der Waals surface area (Å²) >= 11 is 1.18. The molecule has 144 valence electrons. The van der Waals surface area contributed by atoms with Crippen LogP contribution in [0.4, 0.5) is 10.5 Å². The topological polar surface area (TPSA) is 111 Å². The molecule has 3 amide bonds. The first-order valence-corrected chi connectivity index (χ1v) is 9.68. The summed E-state index contributed by atoms with van der Waals surface area (Å²) in [5.41, 5.74) is 2.83. The van der Waals surface area contributed by atoms with E-state index in [-0.39, 0.29) is 11.9 Å². The lowest BCUT2D eigenvalue weighted by molar-refractivity contribution is -0.117. The molecule has 3 rings (SSSR count). The summed E-state index contributed by atoms with van der Waals surface area (Å²) in [6.07, 6.45) is 2.11. The minimum atomic E-state index is -0.567. The average molecular weight is 390 g/mol. The third-order valence-electron chi connectivity index (χ3n) is 4.25. The highest BCUT2D eigenvalue weighted by Crippen LogP contribution is 2.18. The number of benzene rings is 1. The van der Waals surface area contributed by atoms with Gasteiger partial charge < -0.3 is 10.1 Å². The van der Waals surface area contributed by atoms with Crippen LogP contribution >= 0.6 is 11.8 Å². The van der Waals surface area contributed by atoms with Gasteiger partial charge >= 0.3 is 6.03 Å². The van der Waals surface area contributed by atoms with Crippen LogP contribution in [0.15, 0.2) is 23.4 Å². The van der Waals surface area contributed by atoms with E-state index in [1.807, 2.05) is 26.0 Å². The number of aromatic nitrogens is 4. The lowest BCUT2D eigenvalue weighted by Gasteiger charge is -2.10. The van der Waals surface area contributed by atoms with Crippen LogP contribution in [-0.2, 0) is 16.1 Å². The Balaban J connectivity index is 1.46. The molecule has 27 heavy (non-hydrogen) atoms. The first-order valence-electron chi connectivity index (χ1n) is 8.70. The fourth-order valence-electron chi connectivity index (χ4n) is 2.67. The highest BCUT2D eigenvalue weighted by Gasteiger charge is 2.19. The van der Waals surface area contributed by atoms with E-state index >= 15 is 0 Å². The quantitative estimate of drug-likeness (QED) is 0.725. The van der Waals surface area contributed by atoms with E-state index in [9.17, 15) is 9.59 Å². The van der Waals surface area contributed by atoms with E-state index in [0.717, 1.165) is 30.6 Å². The Kier molecular flexibility index (Phi) is 6.40. The van der Waals surface area contributed by atoms with Crippen LogP contribution in [0, 0.1) is 13.8 Å². The molecule has 2 heterocycles. The van der Waals surface area contributed by atoms with E-state index in [4.69, 9.17) is 4.74 Å². The molecule has 1 aliphatic heterocycles. The highest BCUT2D eigenvalue weighted by atomic mass is 32.2. The number of ether oxygens (including phenoxy) is 1. The zero-order valence-corrected chi connectivity index (χ0v) is 16.1. The van der Waals surface area contributed by atoms with Crippen LogP contribution in [-0.4, -0.2) is 50.6 Å². The zero-order chi connectivity index (χ0) is 19.2. The Labute approximate surface area is 161 Å².